The van der Waals surface area contributed by atoms with Gasteiger partial charge in [0.05, 0.1) is 17.1 Å². The second kappa shape index (κ2) is 11.3. The zero-order valence-corrected chi connectivity index (χ0v) is 26.8. The van der Waals surface area contributed by atoms with Gasteiger partial charge in [0, 0.05) is 16.8 Å². The largest absolute Gasteiger partial charge is 0.435 e. The molecule has 9 heteroatoms. The zero-order valence-electron chi connectivity index (χ0n) is 26.8. The number of halogens is 3. The summed E-state index contributed by atoms with van der Waals surface area (Å²) in [7, 11) is 0. The number of hydrogen-bond acceptors (Lipinski definition) is 4. The van der Waals surface area contributed by atoms with E-state index in [4.69, 9.17) is 9.98 Å². The molecule has 4 heterocycles. The van der Waals surface area contributed by atoms with Gasteiger partial charge in [-0.1, -0.05) is 45.6 Å². The molecule has 3 aromatic rings. The van der Waals surface area contributed by atoms with E-state index in [2.05, 4.69) is 49.2 Å². The molecule has 6 rings (SSSR count). The van der Waals surface area contributed by atoms with E-state index in [0.29, 0.717) is 25.1 Å². The maximum Gasteiger partial charge on any atom is 0.435 e. The van der Waals surface area contributed by atoms with Crippen LogP contribution in [0.5, 0.6) is 0 Å². The van der Waals surface area contributed by atoms with Crippen molar-refractivity contribution in [2.45, 2.75) is 123 Å². The van der Waals surface area contributed by atoms with Gasteiger partial charge in [-0.15, -0.1) is 0 Å². The lowest BCUT2D eigenvalue weighted by molar-refractivity contribution is -0.141. The average molecular weight is 607 g/mol. The van der Waals surface area contributed by atoms with Crippen molar-refractivity contribution in [1.29, 1.82) is 0 Å². The van der Waals surface area contributed by atoms with E-state index in [1.165, 1.54) is 37.7 Å². The molecule has 0 N–H and O–H groups in total. The van der Waals surface area contributed by atoms with Crippen molar-refractivity contribution in [3.63, 3.8) is 0 Å². The Kier molecular flexibility index (Phi) is 7.90. The van der Waals surface area contributed by atoms with Gasteiger partial charge < -0.3 is 0 Å². The monoisotopic (exact) mass is 606 g/mol. The van der Waals surface area contributed by atoms with Crippen LogP contribution in [-0.2, 0) is 24.4 Å². The van der Waals surface area contributed by atoms with Crippen LogP contribution in [0.2, 0.25) is 0 Å². The van der Waals surface area contributed by atoms with Crippen LogP contribution in [0, 0.1) is 17.8 Å². The molecule has 0 bridgehead atoms. The molecular formula is C35H45F3N6. The quantitative estimate of drug-likeness (QED) is 0.257. The van der Waals surface area contributed by atoms with Gasteiger partial charge in [-0.05, 0) is 101 Å². The van der Waals surface area contributed by atoms with E-state index in [9.17, 15) is 13.2 Å². The minimum atomic E-state index is -4.51. The summed E-state index contributed by atoms with van der Waals surface area (Å²) < 4.78 is 46.1. The van der Waals surface area contributed by atoms with E-state index in [1.54, 1.807) is 4.57 Å². The second-order valence-corrected chi connectivity index (χ2v) is 14.6. The molecule has 3 aliphatic rings. The van der Waals surface area contributed by atoms with E-state index < -0.39 is 17.3 Å². The van der Waals surface area contributed by atoms with Gasteiger partial charge in [-0.3, -0.25) is 9.13 Å². The highest BCUT2D eigenvalue weighted by Crippen LogP contribution is 2.44. The highest BCUT2D eigenvalue weighted by molar-refractivity contribution is 5.97. The molecule has 6 nitrogen and oxygen atoms in total. The Morgan fingerprint density at radius 1 is 0.841 bits per heavy atom. The Morgan fingerprint density at radius 3 is 2.09 bits per heavy atom. The number of hydrogen-bond donors (Lipinski definition) is 0. The fourth-order valence-electron chi connectivity index (χ4n) is 7.71. The predicted molar refractivity (Wildman–Crippen MR) is 168 cm³/mol. The van der Waals surface area contributed by atoms with Gasteiger partial charge in [-0.2, -0.15) is 13.2 Å². The molecule has 2 fully saturated rings. The number of rotatable bonds is 8. The van der Waals surface area contributed by atoms with Crippen molar-refractivity contribution in [2.24, 2.45) is 15.8 Å². The van der Waals surface area contributed by atoms with Crippen LogP contribution in [0.3, 0.4) is 0 Å². The summed E-state index contributed by atoms with van der Waals surface area (Å²) in [5.41, 5.74) is 3.04. The van der Waals surface area contributed by atoms with Crippen LogP contribution in [0.1, 0.15) is 120 Å². The van der Waals surface area contributed by atoms with Crippen molar-refractivity contribution < 1.29 is 13.2 Å². The number of allylic oxidation sites excluding steroid dienone is 1. The molecule has 0 spiro atoms. The van der Waals surface area contributed by atoms with Crippen molar-refractivity contribution in [2.75, 3.05) is 0 Å². The van der Waals surface area contributed by atoms with Gasteiger partial charge in [-0.25, -0.2) is 19.9 Å². The number of aromatic nitrogens is 5. The molecule has 1 aliphatic heterocycles. The zero-order chi connectivity index (χ0) is 31.3. The van der Waals surface area contributed by atoms with Gasteiger partial charge >= 0.3 is 6.18 Å². The smallest absolute Gasteiger partial charge is 0.287 e. The first kappa shape index (κ1) is 30.8. The highest BCUT2D eigenvalue weighted by Gasteiger charge is 2.41. The summed E-state index contributed by atoms with van der Waals surface area (Å²) in [6, 6.07) is 6.08. The van der Waals surface area contributed by atoms with E-state index in [-0.39, 0.29) is 16.5 Å². The van der Waals surface area contributed by atoms with Crippen LogP contribution < -0.4 is 0 Å². The van der Waals surface area contributed by atoms with Crippen molar-refractivity contribution in [1.82, 2.24) is 24.1 Å². The van der Waals surface area contributed by atoms with Crippen LogP contribution >= 0.6 is 0 Å². The van der Waals surface area contributed by atoms with E-state index >= 15 is 0 Å². The Bertz CT molecular complexity index is 1580. The van der Waals surface area contributed by atoms with Crippen LogP contribution in [-0.4, -0.2) is 29.8 Å². The van der Waals surface area contributed by atoms with E-state index in [0.717, 1.165) is 55.0 Å². The second-order valence-electron chi connectivity index (χ2n) is 14.6. The Hall–Kier alpha value is -3.23. The standard InChI is InChI=1S/C35H45F3N6/c1-24-25(20-33(4)16-6-7-17-33)43(22-39-24)29-14-10-12-27(41-29)32(2,3)28-13-11-15-30(42-28)44-23-40-31(35(36,37)38)26(44)21-34(5)18-8-9-19-34/h10,12,14-15,22-23H,6-9,11,13,16-21H2,1-5H3. The third-order valence-corrected chi connectivity index (χ3v) is 10.6. The van der Waals surface area contributed by atoms with Gasteiger partial charge in [0.25, 0.3) is 0 Å². The summed E-state index contributed by atoms with van der Waals surface area (Å²) in [6.45, 7) is 10.8. The SMILES string of the molecule is Cc1ncn(-c2cccc(C(C)(C)C3=NC(n4cnc(C(F)(F)F)c4CC4(C)CCCC4)=CCC3)n2)c1CC1(C)CCCC1. The minimum absolute atomic E-state index is 0.164. The fraction of sp³-hybridized carbons (Fsp3) is 0.600. The lowest BCUT2D eigenvalue weighted by Crippen LogP contribution is -2.32. The van der Waals surface area contributed by atoms with Gasteiger partial charge in [0.1, 0.15) is 24.3 Å². The first-order chi connectivity index (χ1) is 20.8. The molecule has 2 saturated carbocycles. The van der Waals surface area contributed by atoms with Gasteiger partial charge in [0.2, 0.25) is 0 Å². The molecule has 236 valence electrons. The number of aryl methyl sites for hydroxylation is 1. The van der Waals surface area contributed by atoms with Crippen LogP contribution in [0.15, 0.2) is 41.9 Å². The van der Waals surface area contributed by atoms with Crippen molar-refractivity contribution >= 4 is 11.5 Å². The third-order valence-electron chi connectivity index (χ3n) is 10.6. The maximum absolute atomic E-state index is 14.1. The molecule has 0 aromatic carbocycles. The Balaban J connectivity index is 1.32. The normalized spacial score (nSPS) is 20.2. The lowest BCUT2D eigenvalue weighted by atomic mass is 9.80. The molecule has 0 saturated heterocycles. The Labute approximate surface area is 258 Å². The van der Waals surface area contributed by atoms with Crippen molar-refractivity contribution in [3.8, 4) is 5.82 Å². The minimum Gasteiger partial charge on any atom is -0.287 e. The van der Waals surface area contributed by atoms with Crippen molar-refractivity contribution in [3.05, 3.63) is 65.4 Å². The molecule has 0 atom stereocenters. The average Bonchev–Trinajstić information content (AvgIpc) is 3.78. The topological polar surface area (TPSA) is 60.9 Å². The van der Waals surface area contributed by atoms with Crippen LogP contribution in [0.4, 0.5) is 13.2 Å². The fourth-order valence-corrected chi connectivity index (χ4v) is 7.71. The molecule has 0 radical (unpaired) electrons. The first-order valence-electron chi connectivity index (χ1n) is 16.2. The molecule has 0 amide bonds. The first-order valence-corrected chi connectivity index (χ1v) is 16.2. The molecule has 0 unspecified atom stereocenters. The number of aliphatic imine (C=N–C) groups is 1. The Morgan fingerprint density at radius 2 is 1.45 bits per heavy atom. The summed E-state index contributed by atoms with van der Waals surface area (Å²) in [5, 5.41) is 0. The summed E-state index contributed by atoms with van der Waals surface area (Å²) in [5.74, 6) is 1.35. The third kappa shape index (κ3) is 5.91. The summed E-state index contributed by atoms with van der Waals surface area (Å²) >= 11 is 0. The molecule has 44 heavy (non-hydrogen) atoms. The van der Waals surface area contributed by atoms with Crippen LogP contribution in [0.25, 0.3) is 11.6 Å². The van der Waals surface area contributed by atoms with E-state index in [1.807, 2.05) is 30.6 Å². The molecular weight excluding hydrogens is 561 g/mol. The number of imidazole rings is 2. The molecule has 3 aromatic heterocycles. The maximum atomic E-state index is 14.1. The predicted octanol–water partition coefficient (Wildman–Crippen LogP) is 9.05. The number of nitrogens with zero attached hydrogens (tertiary/aromatic N) is 6. The highest BCUT2D eigenvalue weighted by atomic mass is 19.4. The van der Waals surface area contributed by atoms with Gasteiger partial charge in [0.15, 0.2) is 5.69 Å². The number of alkyl halides is 3. The number of pyridine rings is 1. The summed E-state index contributed by atoms with van der Waals surface area (Å²) in [6.07, 6.45) is 12.3. The summed E-state index contributed by atoms with van der Waals surface area (Å²) in [4.78, 5) is 18.7. The molecule has 2 aliphatic carbocycles. The lowest BCUT2D eigenvalue weighted by Gasteiger charge is -2.30.